The summed E-state index contributed by atoms with van der Waals surface area (Å²) >= 11 is 5.89. The predicted molar refractivity (Wildman–Crippen MR) is 85.3 cm³/mol. The van der Waals surface area contributed by atoms with Crippen molar-refractivity contribution in [1.29, 1.82) is 0 Å². The molecule has 0 saturated carbocycles. The minimum Gasteiger partial charge on any atom is -0.359 e. The molecule has 0 spiro atoms. The van der Waals surface area contributed by atoms with Crippen molar-refractivity contribution in [1.82, 2.24) is 19.8 Å². The Bertz CT molecular complexity index is 748. The van der Waals surface area contributed by atoms with Crippen LogP contribution in [-0.4, -0.2) is 26.9 Å². The SMILES string of the molecule is CN(Cc1cnn(C)c1)Cc1cc(-c2ccc(Cl)cc2)no1. The molecule has 2 heterocycles. The molecule has 0 fully saturated rings. The van der Waals surface area contributed by atoms with E-state index in [0.717, 1.165) is 23.6 Å². The Morgan fingerprint density at radius 3 is 2.68 bits per heavy atom. The molecule has 2 aromatic heterocycles. The fourth-order valence-electron chi connectivity index (χ4n) is 2.33. The molecule has 0 aliphatic heterocycles. The Hall–Kier alpha value is -2.11. The van der Waals surface area contributed by atoms with E-state index in [9.17, 15) is 0 Å². The molecule has 0 aliphatic carbocycles. The lowest BCUT2D eigenvalue weighted by Gasteiger charge is -2.12. The lowest BCUT2D eigenvalue weighted by atomic mass is 10.1. The largest absolute Gasteiger partial charge is 0.359 e. The summed E-state index contributed by atoms with van der Waals surface area (Å²) in [5.41, 5.74) is 2.98. The van der Waals surface area contributed by atoms with Gasteiger partial charge < -0.3 is 4.52 Å². The second-order valence-corrected chi connectivity index (χ2v) is 5.82. The maximum Gasteiger partial charge on any atom is 0.151 e. The molecule has 3 rings (SSSR count). The highest BCUT2D eigenvalue weighted by atomic mass is 35.5. The van der Waals surface area contributed by atoms with E-state index in [2.05, 4.69) is 15.2 Å². The molecule has 3 aromatic rings. The quantitative estimate of drug-likeness (QED) is 0.724. The van der Waals surface area contributed by atoms with Crippen LogP contribution in [0.5, 0.6) is 0 Å². The van der Waals surface area contributed by atoms with E-state index in [1.807, 2.05) is 56.8 Å². The van der Waals surface area contributed by atoms with E-state index in [-0.39, 0.29) is 0 Å². The average Bonchev–Trinajstić information content (AvgIpc) is 3.09. The number of aromatic nitrogens is 3. The Balaban J connectivity index is 1.65. The number of hydrogen-bond acceptors (Lipinski definition) is 4. The molecular formula is C16H17ClN4O. The van der Waals surface area contributed by atoms with Crippen molar-refractivity contribution < 1.29 is 4.52 Å². The first-order chi connectivity index (χ1) is 10.6. The van der Waals surface area contributed by atoms with Gasteiger partial charge in [-0.2, -0.15) is 5.10 Å². The number of aryl methyl sites for hydroxylation is 1. The highest BCUT2D eigenvalue weighted by molar-refractivity contribution is 6.30. The number of halogens is 1. The first-order valence-electron chi connectivity index (χ1n) is 6.98. The van der Waals surface area contributed by atoms with Crippen LogP contribution in [0.1, 0.15) is 11.3 Å². The highest BCUT2D eigenvalue weighted by Crippen LogP contribution is 2.22. The summed E-state index contributed by atoms with van der Waals surface area (Å²) in [6, 6.07) is 9.52. The molecule has 0 unspecified atom stereocenters. The van der Waals surface area contributed by atoms with Crippen LogP contribution in [0.25, 0.3) is 11.3 Å². The Morgan fingerprint density at radius 2 is 2.00 bits per heavy atom. The molecule has 0 radical (unpaired) electrons. The van der Waals surface area contributed by atoms with Gasteiger partial charge in [-0.25, -0.2) is 0 Å². The van der Waals surface area contributed by atoms with Gasteiger partial charge in [-0.05, 0) is 19.2 Å². The number of benzene rings is 1. The molecule has 0 atom stereocenters. The Morgan fingerprint density at radius 1 is 1.23 bits per heavy atom. The molecule has 0 saturated heterocycles. The van der Waals surface area contributed by atoms with Crippen LogP contribution in [0.2, 0.25) is 5.02 Å². The maximum atomic E-state index is 5.89. The van der Waals surface area contributed by atoms with E-state index in [1.54, 1.807) is 4.68 Å². The zero-order chi connectivity index (χ0) is 15.5. The van der Waals surface area contributed by atoms with Gasteiger partial charge in [0.05, 0.1) is 12.7 Å². The third-order valence-electron chi connectivity index (χ3n) is 3.34. The monoisotopic (exact) mass is 316 g/mol. The van der Waals surface area contributed by atoms with Crippen LogP contribution in [0, 0.1) is 0 Å². The van der Waals surface area contributed by atoms with Crippen LogP contribution in [0.4, 0.5) is 0 Å². The van der Waals surface area contributed by atoms with E-state index in [1.165, 1.54) is 5.56 Å². The van der Waals surface area contributed by atoms with Gasteiger partial charge >= 0.3 is 0 Å². The standard InChI is InChI=1S/C16H17ClN4O/c1-20(9-12-8-18-21(2)10-12)11-15-7-16(19-22-15)13-3-5-14(17)6-4-13/h3-8,10H,9,11H2,1-2H3. The molecule has 114 valence electrons. The Kier molecular flexibility index (Phi) is 4.27. The highest BCUT2D eigenvalue weighted by Gasteiger charge is 2.10. The first kappa shape index (κ1) is 14.8. The van der Waals surface area contributed by atoms with Crippen molar-refractivity contribution in [3.05, 3.63) is 59.1 Å². The van der Waals surface area contributed by atoms with Gasteiger partial charge in [0.25, 0.3) is 0 Å². The predicted octanol–water partition coefficient (Wildman–Crippen LogP) is 3.36. The van der Waals surface area contributed by atoms with Gasteiger partial charge in [0, 0.05) is 42.0 Å². The van der Waals surface area contributed by atoms with Gasteiger partial charge in [0.1, 0.15) is 5.69 Å². The molecule has 0 bridgehead atoms. The summed E-state index contributed by atoms with van der Waals surface area (Å²) in [5.74, 6) is 0.830. The van der Waals surface area contributed by atoms with E-state index < -0.39 is 0 Å². The molecule has 1 aromatic carbocycles. The molecule has 0 N–H and O–H groups in total. The van der Waals surface area contributed by atoms with Crippen molar-refractivity contribution in [2.45, 2.75) is 13.1 Å². The lowest BCUT2D eigenvalue weighted by Crippen LogP contribution is -2.16. The minimum absolute atomic E-state index is 0.690. The van der Waals surface area contributed by atoms with Gasteiger partial charge in [-0.1, -0.05) is 28.9 Å². The Labute approximate surface area is 134 Å². The van der Waals surface area contributed by atoms with Crippen molar-refractivity contribution in [3.8, 4) is 11.3 Å². The summed E-state index contributed by atoms with van der Waals surface area (Å²) in [6.45, 7) is 1.50. The van der Waals surface area contributed by atoms with Crippen LogP contribution < -0.4 is 0 Å². The van der Waals surface area contributed by atoms with Crippen molar-refractivity contribution in [2.24, 2.45) is 7.05 Å². The summed E-state index contributed by atoms with van der Waals surface area (Å²) < 4.78 is 7.22. The van der Waals surface area contributed by atoms with Crippen molar-refractivity contribution in [2.75, 3.05) is 7.05 Å². The van der Waals surface area contributed by atoms with E-state index in [4.69, 9.17) is 16.1 Å². The number of rotatable bonds is 5. The topological polar surface area (TPSA) is 47.1 Å². The lowest BCUT2D eigenvalue weighted by molar-refractivity contribution is 0.267. The van der Waals surface area contributed by atoms with Crippen molar-refractivity contribution in [3.63, 3.8) is 0 Å². The molecular weight excluding hydrogens is 300 g/mol. The summed E-state index contributed by atoms with van der Waals surface area (Å²) in [4.78, 5) is 2.16. The average molecular weight is 317 g/mol. The smallest absolute Gasteiger partial charge is 0.151 e. The fraction of sp³-hybridized carbons (Fsp3) is 0.250. The van der Waals surface area contributed by atoms with Crippen molar-refractivity contribution >= 4 is 11.6 Å². The molecule has 5 nitrogen and oxygen atoms in total. The molecule has 22 heavy (non-hydrogen) atoms. The molecule has 6 heteroatoms. The normalized spacial score (nSPS) is 11.3. The maximum absolute atomic E-state index is 5.89. The fourth-order valence-corrected chi connectivity index (χ4v) is 2.46. The minimum atomic E-state index is 0.690. The summed E-state index contributed by atoms with van der Waals surface area (Å²) in [5, 5.41) is 9.00. The molecule has 0 aliphatic rings. The third kappa shape index (κ3) is 3.55. The van der Waals surface area contributed by atoms with Crippen LogP contribution in [-0.2, 0) is 20.1 Å². The third-order valence-corrected chi connectivity index (χ3v) is 3.59. The summed E-state index contributed by atoms with van der Waals surface area (Å²) in [7, 11) is 3.95. The van der Waals surface area contributed by atoms with E-state index >= 15 is 0 Å². The van der Waals surface area contributed by atoms with Gasteiger partial charge in [0.2, 0.25) is 0 Å². The number of nitrogens with zero attached hydrogens (tertiary/aromatic N) is 4. The number of hydrogen-bond donors (Lipinski definition) is 0. The molecule has 0 amide bonds. The summed E-state index contributed by atoms with van der Waals surface area (Å²) in [6.07, 6.45) is 3.88. The van der Waals surface area contributed by atoms with Gasteiger partial charge in [-0.15, -0.1) is 0 Å². The van der Waals surface area contributed by atoms with Gasteiger partial charge in [-0.3, -0.25) is 9.58 Å². The van der Waals surface area contributed by atoms with Crippen LogP contribution in [0.3, 0.4) is 0 Å². The van der Waals surface area contributed by atoms with Crippen LogP contribution >= 0.6 is 11.6 Å². The second-order valence-electron chi connectivity index (χ2n) is 5.38. The zero-order valence-corrected chi connectivity index (χ0v) is 13.3. The second kappa shape index (κ2) is 6.34. The first-order valence-corrected chi connectivity index (χ1v) is 7.35. The zero-order valence-electron chi connectivity index (χ0n) is 12.5. The van der Waals surface area contributed by atoms with Crippen LogP contribution in [0.15, 0.2) is 47.2 Å². The van der Waals surface area contributed by atoms with Gasteiger partial charge in [0.15, 0.2) is 5.76 Å². The van der Waals surface area contributed by atoms with E-state index in [0.29, 0.717) is 11.6 Å².